The zero-order valence-electron chi connectivity index (χ0n) is 9.67. The Hall–Kier alpha value is -2.08. The number of amides is 1. The predicted molar refractivity (Wildman–Crippen MR) is 68.2 cm³/mol. The van der Waals surface area contributed by atoms with Crippen molar-refractivity contribution in [2.75, 3.05) is 5.73 Å². The molecule has 0 saturated carbocycles. The molecule has 1 atom stereocenters. The molecule has 2 rings (SSSR count). The van der Waals surface area contributed by atoms with E-state index < -0.39 is 5.91 Å². The number of anilines is 1. The van der Waals surface area contributed by atoms with Gasteiger partial charge in [0, 0.05) is 5.02 Å². The van der Waals surface area contributed by atoms with Gasteiger partial charge in [-0.05, 0) is 18.6 Å². The molecule has 4 N–H and O–H groups in total. The van der Waals surface area contributed by atoms with Gasteiger partial charge in [0.25, 0.3) is 5.91 Å². The maximum Gasteiger partial charge on any atom is 0.273 e. The van der Waals surface area contributed by atoms with Gasteiger partial charge in [0.2, 0.25) is 0 Å². The second-order valence-corrected chi connectivity index (χ2v) is 4.24. The average molecular weight is 266 g/mol. The summed E-state index contributed by atoms with van der Waals surface area (Å²) < 4.78 is 1.42. The van der Waals surface area contributed by atoms with Crippen LogP contribution in [0.1, 0.15) is 29.0 Å². The van der Waals surface area contributed by atoms with Gasteiger partial charge in [-0.15, -0.1) is 5.10 Å². The van der Waals surface area contributed by atoms with Crippen LogP contribution in [0, 0.1) is 0 Å². The van der Waals surface area contributed by atoms with Gasteiger partial charge in [-0.1, -0.05) is 35.0 Å². The number of nitrogens with two attached hydrogens (primary N) is 2. The van der Waals surface area contributed by atoms with Crippen molar-refractivity contribution in [1.82, 2.24) is 15.0 Å². The van der Waals surface area contributed by atoms with Crippen LogP contribution in [-0.4, -0.2) is 20.9 Å². The molecular weight excluding hydrogens is 254 g/mol. The summed E-state index contributed by atoms with van der Waals surface area (Å²) in [6.07, 6.45) is 0. The molecule has 1 unspecified atom stereocenters. The Morgan fingerprint density at radius 3 is 2.67 bits per heavy atom. The lowest BCUT2D eigenvalue weighted by Crippen LogP contribution is -2.16. The van der Waals surface area contributed by atoms with E-state index in [1.54, 1.807) is 6.07 Å². The lowest BCUT2D eigenvalue weighted by atomic mass is 10.1. The number of halogens is 1. The van der Waals surface area contributed by atoms with Crippen LogP contribution in [0.25, 0.3) is 0 Å². The van der Waals surface area contributed by atoms with Crippen LogP contribution < -0.4 is 11.5 Å². The lowest BCUT2D eigenvalue weighted by molar-refractivity contribution is 0.0996. The highest BCUT2D eigenvalue weighted by molar-refractivity contribution is 6.31. The fraction of sp³-hybridized carbons (Fsp3) is 0.182. The summed E-state index contributed by atoms with van der Waals surface area (Å²) in [5.74, 6) is -0.569. The topological polar surface area (TPSA) is 99.8 Å². The third-order valence-electron chi connectivity index (χ3n) is 2.69. The SMILES string of the molecule is CC(c1ccccc1Cl)n1nnc(C(N)=O)c1N. The zero-order valence-corrected chi connectivity index (χ0v) is 10.4. The van der Waals surface area contributed by atoms with E-state index in [9.17, 15) is 4.79 Å². The first-order valence-electron chi connectivity index (χ1n) is 5.27. The number of nitrogen functional groups attached to an aromatic ring is 1. The third kappa shape index (κ3) is 2.02. The van der Waals surface area contributed by atoms with Crippen LogP contribution in [0.4, 0.5) is 5.82 Å². The molecule has 2 aromatic rings. The molecule has 1 heterocycles. The molecule has 0 saturated heterocycles. The number of carbonyl (C=O) groups is 1. The van der Waals surface area contributed by atoms with E-state index >= 15 is 0 Å². The van der Waals surface area contributed by atoms with E-state index in [0.717, 1.165) is 5.56 Å². The van der Waals surface area contributed by atoms with Crippen LogP contribution in [-0.2, 0) is 0 Å². The van der Waals surface area contributed by atoms with Crippen molar-refractivity contribution in [3.8, 4) is 0 Å². The van der Waals surface area contributed by atoms with Crippen molar-refractivity contribution in [3.05, 3.63) is 40.5 Å². The number of benzene rings is 1. The van der Waals surface area contributed by atoms with E-state index in [1.807, 2.05) is 25.1 Å². The molecule has 0 radical (unpaired) electrons. The molecule has 0 bridgehead atoms. The molecule has 94 valence electrons. The normalized spacial score (nSPS) is 12.3. The number of nitrogens with zero attached hydrogens (tertiary/aromatic N) is 3. The Kier molecular flexibility index (Phi) is 3.20. The van der Waals surface area contributed by atoms with Crippen molar-refractivity contribution in [2.45, 2.75) is 13.0 Å². The summed E-state index contributed by atoms with van der Waals surface area (Å²) in [4.78, 5) is 11.1. The summed E-state index contributed by atoms with van der Waals surface area (Å²) in [7, 11) is 0. The highest BCUT2D eigenvalue weighted by Crippen LogP contribution is 2.27. The fourth-order valence-electron chi connectivity index (χ4n) is 1.71. The van der Waals surface area contributed by atoms with Gasteiger partial charge >= 0.3 is 0 Å². The van der Waals surface area contributed by atoms with Crippen LogP contribution >= 0.6 is 11.6 Å². The average Bonchev–Trinajstić information content (AvgIpc) is 2.71. The monoisotopic (exact) mass is 265 g/mol. The number of rotatable bonds is 3. The van der Waals surface area contributed by atoms with Crippen molar-refractivity contribution >= 4 is 23.3 Å². The van der Waals surface area contributed by atoms with E-state index in [0.29, 0.717) is 5.02 Å². The van der Waals surface area contributed by atoms with Crippen molar-refractivity contribution < 1.29 is 4.79 Å². The molecule has 0 aliphatic rings. The Labute approximate surface area is 109 Å². The molecule has 0 spiro atoms. The van der Waals surface area contributed by atoms with Crippen molar-refractivity contribution in [2.24, 2.45) is 5.73 Å². The van der Waals surface area contributed by atoms with Crippen LogP contribution in [0.3, 0.4) is 0 Å². The largest absolute Gasteiger partial charge is 0.382 e. The minimum Gasteiger partial charge on any atom is -0.382 e. The number of hydrogen-bond acceptors (Lipinski definition) is 4. The van der Waals surface area contributed by atoms with Crippen LogP contribution in [0.5, 0.6) is 0 Å². The zero-order chi connectivity index (χ0) is 13.3. The predicted octanol–water partition coefficient (Wildman–Crippen LogP) is 1.22. The summed E-state index contributed by atoms with van der Waals surface area (Å²) in [6, 6.07) is 7.09. The van der Waals surface area contributed by atoms with E-state index in [2.05, 4.69) is 10.3 Å². The molecule has 0 aliphatic heterocycles. The van der Waals surface area contributed by atoms with Crippen LogP contribution in [0.15, 0.2) is 24.3 Å². The minimum atomic E-state index is -0.704. The molecule has 0 fully saturated rings. The second kappa shape index (κ2) is 4.66. The molecule has 1 amide bonds. The van der Waals surface area contributed by atoms with Gasteiger partial charge < -0.3 is 11.5 Å². The molecular formula is C11H12ClN5O. The van der Waals surface area contributed by atoms with Crippen molar-refractivity contribution in [1.29, 1.82) is 0 Å². The first-order valence-corrected chi connectivity index (χ1v) is 5.65. The molecule has 0 aliphatic carbocycles. The molecule has 6 nitrogen and oxygen atoms in total. The third-order valence-corrected chi connectivity index (χ3v) is 3.03. The first-order chi connectivity index (χ1) is 8.52. The Morgan fingerprint density at radius 2 is 2.11 bits per heavy atom. The Balaban J connectivity index is 2.44. The van der Waals surface area contributed by atoms with Crippen LogP contribution in [0.2, 0.25) is 5.02 Å². The van der Waals surface area contributed by atoms with Gasteiger partial charge in [0.05, 0.1) is 6.04 Å². The Morgan fingerprint density at radius 1 is 1.44 bits per heavy atom. The summed E-state index contributed by atoms with van der Waals surface area (Å²) in [5.41, 5.74) is 11.7. The standard InChI is InChI=1S/C11H12ClN5O/c1-6(7-4-2-3-5-8(7)12)17-10(13)9(11(14)18)15-16-17/h2-6H,13H2,1H3,(H2,14,18). The number of hydrogen-bond donors (Lipinski definition) is 2. The Bertz CT molecular complexity index is 595. The number of carbonyl (C=O) groups excluding carboxylic acids is 1. The minimum absolute atomic E-state index is 0.0334. The lowest BCUT2D eigenvalue weighted by Gasteiger charge is -2.14. The maximum atomic E-state index is 11.1. The molecule has 18 heavy (non-hydrogen) atoms. The molecule has 7 heteroatoms. The molecule has 1 aromatic carbocycles. The van der Waals surface area contributed by atoms with Gasteiger partial charge in [-0.25, -0.2) is 4.68 Å². The summed E-state index contributed by atoms with van der Waals surface area (Å²) >= 11 is 6.10. The van der Waals surface area contributed by atoms with Gasteiger partial charge in [0.15, 0.2) is 11.5 Å². The summed E-state index contributed by atoms with van der Waals surface area (Å²) in [5, 5.41) is 8.10. The van der Waals surface area contributed by atoms with E-state index in [4.69, 9.17) is 23.1 Å². The van der Waals surface area contributed by atoms with Crippen molar-refractivity contribution in [3.63, 3.8) is 0 Å². The molecule has 1 aromatic heterocycles. The van der Waals surface area contributed by atoms with Gasteiger partial charge in [-0.2, -0.15) is 0 Å². The number of aromatic nitrogens is 3. The van der Waals surface area contributed by atoms with E-state index in [1.165, 1.54) is 4.68 Å². The maximum absolute atomic E-state index is 11.1. The number of primary amides is 1. The summed E-state index contributed by atoms with van der Waals surface area (Å²) in [6.45, 7) is 1.86. The highest BCUT2D eigenvalue weighted by Gasteiger charge is 2.20. The van der Waals surface area contributed by atoms with Gasteiger partial charge in [0.1, 0.15) is 0 Å². The van der Waals surface area contributed by atoms with Gasteiger partial charge in [-0.3, -0.25) is 4.79 Å². The first kappa shape index (κ1) is 12.4. The highest BCUT2D eigenvalue weighted by atomic mass is 35.5. The quantitative estimate of drug-likeness (QED) is 0.871. The smallest absolute Gasteiger partial charge is 0.273 e. The van der Waals surface area contributed by atoms with E-state index in [-0.39, 0.29) is 17.6 Å². The fourth-order valence-corrected chi connectivity index (χ4v) is 2.00. The second-order valence-electron chi connectivity index (χ2n) is 3.83.